The second-order valence-corrected chi connectivity index (χ2v) is 8.13. The van der Waals surface area contributed by atoms with Crippen LogP contribution in [0.1, 0.15) is 66.2 Å². The van der Waals surface area contributed by atoms with E-state index in [9.17, 15) is 14.7 Å². The van der Waals surface area contributed by atoms with E-state index in [4.69, 9.17) is 0 Å². The molecule has 1 atom stereocenters. The molecule has 1 heterocycles. The minimum Gasteiger partial charge on any atom is -0.480 e. The molecule has 0 aromatic carbocycles. The van der Waals surface area contributed by atoms with Crippen LogP contribution in [0.25, 0.3) is 0 Å². The molecule has 4 nitrogen and oxygen atoms in total. The molecule has 1 rings (SSSR count). The summed E-state index contributed by atoms with van der Waals surface area (Å²) >= 11 is 1.68. The number of hydrogen-bond donors (Lipinski definition) is 1. The van der Waals surface area contributed by atoms with Gasteiger partial charge in [0.25, 0.3) is 0 Å². The molecule has 1 aliphatic rings. The van der Waals surface area contributed by atoms with Gasteiger partial charge in [0.1, 0.15) is 6.04 Å². The van der Waals surface area contributed by atoms with E-state index in [-0.39, 0.29) is 4.87 Å². The minimum absolute atomic E-state index is 0.347. The van der Waals surface area contributed by atoms with Crippen molar-refractivity contribution in [2.24, 2.45) is 0 Å². The van der Waals surface area contributed by atoms with Crippen LogP contribution in [0.3, 0.4) is 0 Å². The molecule has 1 amide bonds. The fourth-order valence-corrected chi connectivity index (χ4v) is 5.18. The smallest absolute Gasteiger partial charge is 0.327 e. The third kappa shape index (κ3) is 3.30. The second-order valence-electron chi connectivity index (χ2n) is 6.11. The molecule has 0 saturated carbocycles. The van der Waals surface area contributed by atoms with E-state index in [1.807, 2.05) is 13.8 Å². The highest BCUT2D eigenvalue weighted by Gasteiger charge is 2.58. The van der Waals surface area contributed by atoms with Gasteiger partial charge in [-0.25, -0.2) is 4.79 Å². The summed E-state index contributed by atoms with van der Waals surface area (Å²) in [6.45, 7) is 8.12. The van der Waals surface area contributed by atoms with Crippen LogP contribution in [0.4, 0.5) is 0 Å². The average Bonchev–Trinajstić information content (AvgIpc) is 2.61. The average molecular weight is 301 g/mol. The Hall–Kier alpha value is -0.710. The lowest BCUT2D eigenvalue weighted by molar-refractivity contribution is -0.149. The molecule has 0 bridgehead atoms. The number of carbonyl (C=O) groups is 2. The predicted octanol–water partition coefficient (Wildman–Crippen LogP) is 3.50. The lowest BCUT2D eigenvalue weighted by Gasteiger charge is -2.37. The number of amides is 1. The summed E-state index contributed by atoms with van der Waals surface area (Å²) < 4.78 is -0.450. The third-order valence-electron chi connectivity index (χ3n) is 4.05. The maximum Gasteiger partial charge on any atom is 0.327 e. The van der Waals surface area contributed by atoms with Gasteiger partial charge in [-0.15, -0.1) is 11.8 Å². The molecule has 0 aromatic heterocycles. The van der Waals surface area contributed by atoms with E-state index in [1.54, 1.807) is 16.7 Å². The third-order valence-corrected chi connectivity index (χ3v) is 5.80. The first kappa shape index (κ1) is 17.3. The first-order valence-corrected chi connectivity index (χ1v) is 8.33. The normalized spacial score (nSPS) is 23.8. The highest BCUT2D eigenvalue weighted by molar-refractivity contribution is 8.02. The summed E-state index contributed by atoms with van der Waals surface area (Å²) in [7, 11) is 0. The van der Waals surface area contributed by atoms with Gasteiger partial charge in [0.15, 0.2) is 0 Å². The molecule has 0 aliphatic carbocycles. The van der Waals surface area contributed by atoms with E-state index < -0.39 is 16.8 Å². The van der Waals surface area contributed by atoms with E-state index in [0.717, 1.165) is 44.9 Å². The maximum atomic E-state index is 11.6. The Morgan fingerprint density at radius 1 is 1.25 bits per heavy atom. The van der Waals surface area contributed by atoms with Crippen LogP contribution in [0.2, 0.25) is 0 Å². The Balaban J connectivity index is 3.13. The predicted molar refractivity (Wildman–Crippen MR) is 82.8 cm³/mol. The van der Waals surface area contributed by atoms with Crippen molar-refractivity contribution in [3.05, 3.63) is 0 Å². The van der Waals surface area contributed by atoms with Crippen molar-refractivity contribution >= 4 is 24.1 Å². The SMILES string of the molecule is CCCCC1(CCCC)SC(C)(C)C(C(=O)O)N1C=O. The number of rotatable bonds is 8. The molecule has 1 aliphatic heterocycles. The van der Waals surface area contributed by atoms with Crippen LogP contribution in [0.15, 0.2) is 0 Å². The quantitative estimate of drug-likeness (QED) is 0.697. The van der Waals surface area contributed by atoms with Gasteiger partial charge < -0.3 is 10.0 Å². The van der Waals surface area contributed by atoms with Crippen LogP contribution < -0.4 is 0 Å². The monoisotopic (exact) mass is 301 g/mol. The van der Waals surface area contributed by atoms with E-state index in [1.165, 1.54) is 0 Å². The number of carboxylic acid groups (broad SMARTS) is 1. The van der Waals surface area contributed by atoms with Gasteiger partial charge in [-0.1, -0.05) is 39.5 Å². The zero-order valence-corrected chi connectivity index (χ0v) is 13.8. The fraction of sp³-hybridized carbons (Fsp3) is 0.867. The summed E-state index contributed by atoms with van der Waals surface area (Å²) in [5.41, 5.74) is 0. The molecule has 1 unspecified atom stereocenters. The molecule has 20 heavy (non-hydrogen) atoms. The number of hydrogen-bond acceptors (Lipinski definition) is 3. The first-order valence-electron chi connectivity index (χ1n) is 7.51. The van der Waals surface area contributed by atoms with Crippen molar-refractivity contribution in [1.82, 2.24) is 4.90 Å². The van der Waals surface area contributed by atoms with E-state index >= 15 is 0 Å². The van der Waals surface area contributed by atoms with Crippen molar-refractivity contribution in [2.75, 3.05) is 0 Å². The van der Waals surface area contributed by atoms with Crippen molar-refractivity contribution in [2.45, 2.75) is 81.9 Å². The van der Waals surface area contributed by atoms with Gasteiger partial charge >= 0.3 is 5.97 Å². The summed E-state index contributed by atoms with van der Waals surface area (Å²) in [5, 5.41) is 9.52. The summed E-state index contributed by atoms with van der Waals surface area (Å²) in [6, 6.07) is -0.737. The summed E-state index contributed by atoms with van der Waals surface area (Å²) in [5.74, 6) is -0.899. The summed E-state index contributed by atoms with van der Waals surface area (Å²) in [4.78, 5) is 24.5. The first-order chi connectivity index (χ1) is 9.34. The fourth-order valence-electron chi connectivity index (χ4n) is 3.13. The van der Waals surface area contributed by atoms with E-state index in [2.05, 4.69) is 13.8 Å². The Bertz CT molecular complexity index is 349. The molecule has 0 spiro atoms. The molecule has 1 N–H and O–H groups in total. The van der Waals surface area contributed by atoms with Gasteiger partial charge in [-0.2, -0.15) is 0 Å². The zero-order valence-electron chi connectivity index (χ0n) is 13.0. The summed E-state index contributed by atoms with van der Waals surface area (Å²) in [6.07, 6.45) is 6.65. The molecular weight excluding hydrogens is 274 g/mol. The van der Waals surface area contributed by atoms with E-state index in [0.29, 0.717) is 0 Å². The zero-order chi connectivity index (χ0) is 15.4. The van der Waals surface area contributed by atoms with Crippen LogP contribution >= 0.6 is 11.8 Å². The molecule has 5 heteroatoms. The second kappa shape index (κ2) is 6.83. The Morgan fingerprint density at radius 3 is 2.10 bits per heavy atom. The lowest BCUT2D eigenvalue weighted by atomic mass is 9.96. The molecule has 116 valence electrons. The van der Waals surface area contributed by atoms with Crippen molar-refractivity contribution in [3.63, 3.8) is 0 Å². The number of nitrogens with zero attached hydrogens (tertiary/aromatic N) is 1. The van der Waals surface area contributed by atoms with Gasteiger partial charge in [0, 0.05) is 4.75 Å². The van der Waals surface area contributed by atoms with Crippen molar-refractivity contribution in [1.29, 1.82) is 0 Å². The van der Waals surface area contributed by atoms with Crippen LogP contribution in [-0.4, -0.2) is 38.0 Å². The Kier molecular flexibility index (Phi) is 5.92. The van der Waals surface area contributed by atoms with Crippen LogP contribution in [0.5, 0.6) is 0 Å². The van der Waals surface area contributed by atoms with Gasteiger partial charge in [-0.3, -0.25) is 4.79 Å². The number of thioether (sulfide) groups is 1. The lowest BCUT2D eigenvalue weighted by Crippen LogP contribution is -2.51. The van der Waals surface area contributed by atoms with Crippen molar-refractivity contribution < 1.29 is 14.7 Å². The Morgan fingerprint density at radius 2 is 1.75 bits per heavy atom. The molecule has 1 fully saturated rings. The van der Waals surface area contributed by atoms with Crippen LogP contribution in [0, 0.1) is 0 Å². The number of unbranched alkanes of at least 4 members (excludes halogenated alkanes) is 2. The number of aliphatic carboxylic acids is 1. The molecule has 0 radical (unpaired) electrons. The van der Waals surface area contributed by atoms with Gasteiger partial charge in [0.05, 0.1) is 4.87 Å². The van der Waals surface area contributed by atoms with Gasteiger partial charge in [-0.05, 0) is 26.7 Å². The minimum atomic E-state index is -0.899. The molecule has 0 aromatic rings. The standard InChI is InChI=1S/C15H27NO3S/c1-5-7-9-15(10-8-6-2)16(11-17)12(13(18)19)14(3,4)20-15/h11-12H,5-10H2,1-4H3,(H,18,19). The highest BCUT2D eigenvalue weighted by atomic mass is 32.2. The number of carbonyl (C=O) groups excluding carboxylic acids is 1. The molecular formula is C15H27NO3S. The highest BCUT2D eigenvalue weighted by Crippen LogP contribution is 2.55. The number of carboxylic acids is 1. The van der Waals surface area contributed by atoms with Gasteiger partial charge in [0.2, 0.25) is 6.41 Å². The topological polar surface area (TPSA) is 57.6 Å². The molecule has 1 saturated heterocycles. The largest absolute Gasteiger partial charge is 0.480 e. The van der Waals surface area contributed by atoms with Crippen molar-refractivity contribution in [3.8, 4) is 0 Å². The Labute approximate surface area is 126 Å². The van der Waals surface area contributed by atoms with Crippen LogP contribution in [-0.2, 0) is 9.59 Å². The maximum absolute atomic E-state index is 11.6.